The molecule has 0 radical (unpaired) electrons. The van der Waals surface area contributed by atoms with Crippen molar-refractivity contribution in [3.05, 3.63) is 65.9 Å². The molecule has 0 aliphatic carbocycles. The van der Waals surface area contributed by atoms with Gasteiger partial charge < -0.3 is 16.2 Å². The molecule has 1 aromatic heterocycles. The monoisotopic (exact) mass is 279 g/mol. The molecule has 4 heteroatoms. The molecule has 0 saturated heterocycles. The summed E-state index contributed by atoms with van der Waals surface area (Å²) in [5.41, 5.74) is 10.4. The van der Waals surface area contributed by atoms with Crippen molar-refractivity contribution in [1.82, 2.24) is 4.98 Å². The summed E-state index contributed by atoms with van der Waals surface area (Å²) in [5, 5.41) is 13.6. The van der Waals surface area contributed by atoms with Crippen molar-refractivity contribution in [3.8, 4) is 0 Å². The van der Waals surface area contributed by atoms with Crippen molar-refractivity contribution in [3.63, 3.8) is 0 Å². The number of aliphatic hydroxyl groups excluding tert-OH is 1. The van der Waals surface area contributed by atoms with Crippen LogP contribution in [-0.2, 0) is 13.2 Å². The predicted molar refractivity (Wildman–Crippen MR) is 85.8 cm³/mol. The van der Waals surface area contributed by atoms with Gasteiger partial charge in [0.05, 0.1) is 12.1 Å². The number of nitrogens with zero attached hydrogens (tertiary/aromatic N) is 1. The zero-order valence-electron chi connectivity index (χ0n) is 11.6. The van der Waals surface area contributed by atoms with Gasteiger partial charge in [0.2, 0.25) is 0 Å². The summed E-state index contributed by atoms with van der Waals surface area (Å²) in [6.45, 7) is 0.753. The van der Waals surface area contributed by atoms with Gasteiger partial charge >= 0.3 is 0 Å². The molecular formula is C17H17N3O. The normalized spacial score (nSPS) is 10.7. The number of nitrogen functional groups attached to an aromatic ring is 1. The van der Waals surface area contributed by atoms with Crippen molar-refractivity contribution in [1.29, 1.82) is 0 Å². The van der Waals surface area contributed by atoms with Crippen LogP contribution in [0.25, 0.3) is 10.9 Å². The number of aromatic nitrogens is 1. The Labute approximate surface area is 123 Å². The summed E-state index contributed by atoms with van der Waals surface area (Å²) < 4.78 is 0. The van der Waals surface area contributed by atoms with Crippen LogP contribution in [-0.4, -0.2) is 10.1 Å². The fourth-order valence-electron chi connectivity index (χ4n) is 2.35. The molecule has 0 aliphatic rings. The SMILES string of the molecule is Nc1ccc2c(NCc3cccc(CO)c3)ccnc2c1. The molecule has 4 nitrogen and oxygen atoms in total. The van der Waals surface area contributed by atoms with E-state index in [1.165, 1.54) is 0 Å². The van der Waals surface area contributed by atoms with Gasteiger partial charge in [-0.3, -0.25) is 4.98 Å². The number of nitrogens with one attached hydrogen (secondary N) is 1. The van der Waals surface area contributed by atoms with Crippen LogP contribution in [0.5, 0.6) is 0 Å². The standard InChI is InChI=1S/C17H17N3O/c18-14-4-5-15-16(6-7-19-17(15)9-14)20-10-12-2-1-3-13(8-12)11-21/h1-9,21H,10-11,18H2,(H,19,20). The number of pyridine rings is 1. The van der Waals surface area contributed by atoms with Crippen molar-refractivity contribution in [2.75, 3.05) is 11.1 Å². The molecule has 0 spiro atoms. The number of hydrogen-bond donors (Lipinski definition) is 3. The van der Waals surface area contributed by atoms with E-state index in [0.717, 1.165) is 27.7 Å². The van der Waals surface area contributed by atoms with Crippen LogP contribution in [0, 0.1) is 0 Å². The number of hydrogen-bond acceptors (Lipinski definition) is 4. The van der Waals surface area contributed by atoms with E-state index in [4.69, 9.17) is 5.73 Å². The lowest BCUT2D eigenvalue weighted by Gasteiger charge is -2.10. The highest BCUT2D eigenvalue weighted by Gasteiger charge is 2.02. The lowest BCUT2D eigenvalue weighted by Crippen LogP contribution is -2.01. The summed E-state index contributed by atoms with van der Waals surface area (Å²) >= 11 is 0. The van der Waals surface area contributed by atoms with Crippen molar-refractivity contribution < 1.29 is 5.11 Å². The first kappa shape index (κ1) is 13.4. The molecule has 106 valence electrons. The fraction of sp³-hybridized carbons (Fsp3) is 0.118. The minimum absolute atomic E-state index is 0.0608. The van der Waals surface area contributed by atoms with Gasteiger partial charge in [-0.15, -0.1) is 0 Å². The average molecular weight is 279 g/mol. The minimum Gasteiger partial charge on any atom is -0.399 e. The summed E-state index contributed by atoms with van der Waals surface area (Å²) in [7, 11) is 0. The molecule has 0 fully saturated rings. The van der Waals surface area contributed by atoms with Crippen molar-refractivity contribution in [2.24, 2.45) is 0 Å². The van der Waals surface area contributed by atoms with Crippen LogP contribution in [0.1, 0.15) is 11.1 Å². The second-order valence-electron chi connectivity index (χ2n) is 4.97. The highest BCUT2D eigenvalue weighted by molar-refractivity contribution is 5.92. The van der Waals surface area contributed by atoms with Crippen LogP contribution in [0.2, 0.25) is 0 Å². The van der Waals surface area contributed by atoms with Crippen LogP contribution in [0.4, 0.5) is 11.4 Å². The molecule has 0 saturated carbocycles. The summed E-state index contributed by atoms with van der Waals surface area (Å²) in [5.74, 6) is 0. The first-order valence-electron chi connectivity index (χ1n) is 6.83. The number of nitrogens with two attached hydrogens (primary N) is 1. The third kappa shape index (κ3) is 2.95. The third-order valence-electron chi connectivity index (χ3n) is 3.42. The van der Waals surface area contributed by atoms with Gasteiger partial charge in [0.15, 0.2) is 0 Å². The van der Waals surface area contributed by atoms with Gasteiger partial charge in [-0.25, -0.2) is 0 Å². The van der Waals surface area contributed by atoms with E-state index >= 15 is 0 Å². The molecule has 3 aromatic rings. The lowest BCUT2D eigenvalue weighted by molar-refractivity contribution is 0.281. The highest BCUT2D eigenvalue weighted by Crippen LogP contribution is 2.23. The van der Waals surface area contributed by atoms with E-state index in [1.807, 2.05) is 48.5 Å². The molecule has 1 heterocycles. The molecular weight excluding hydrogens is 262 g/mol. The van der Waals surface area contributed by atoms with E-state index in [0.29, 0.717) is 12.2 Å². The fourth-order valence-corrected chi connectivity index (χ4v) is 2.35. The maximum absolute atomic E-state index is 9.17. The Bertz CT molecular complexity index is 771. The van der Waals surface area contributed by atoms with E-state index in [2.05, 4.69) is 10.3 Å². The maximum Gasteiger partial charge on any atom is 0.0743 e. The van der Waals surface area contributed by atoms with Crippen molar-refractivity contribution in [2.45, 2.75) is 13.2 Å². The molecule has 0 bridgehead atoms. The Hall–Kier alpha value is -2.59. The van der Waals surface area contributed by atoms with Crippen LogP contribution in [0.15, 0.2) is 54.7 Å². The Morgan fingerprint density at radius 2 is 1.90 bits per heavy atom. The Morgan fingerprint density at radius 3 is 2.76 bits per heavy atom. The van der Waals surface area contributed by atoms with Gasteiger partial charge in [0, 0.05) is 29.5 Å². The molecule has 3 rings (SSSR count). The van der Waals surface area contributed by atoms with Crippen LogP contribution < -0.4 is 11.1 Å². The zero-order chi connectivity index (χ0) is 14.7. The number of benzene rings is 2. The first-order valence-corrected chi connectivity index (χ1v) is 6.83. The molecule has 2 aromatic carbocycles. The first-order chi connectivity index (χ1) is 10.3. The Morgan fingerprint density at radius 1 is 1.05 bits per heavy atom. The number of aliphatic hydroxyl groups is 1. The Balaban J connectivity index is 1.84. The summed E-state index contributed by atoms with van der Waals surface area (Å²) in [6, 6.07) is 15.6. The lowest BCUT2D eigenvalue weighted by atomic mass is 10.1. The van der Waals surface area contributed by atoms with Gasteiger partial charge in [-0.1, -0.05) is 24.3 Å². The largest absolute Gasteiger partial charge is 0.399 e. The number of anilines is 2. The maximum atomic E-state index is 9.17. The predicted octanol–water partition coefficient (Wildman–Crippen LogP) is 2.92. The molecule has 0 aliphatic heterocycles. The quantitative estimate of drug-likeness (QED) is 0.642. The molecule has 4 N–H and O–H groups in total. The number of rotatable bonds is 4. The summed E-state index contributed by atoms with van der Waals surface area (Å²) in [6.07, 6.45) is 1.77. The van der Waals surface area contributed by atoms with E-state index in [1.54, 1.807) is 6.20 Å². The molecule has 0 atom stereocenters. The Kier molecular flexibility index (Phi) is 3.71. The second kappa shape index (κ2) is 5.81. The number of fused-ring (bicyclic) bond motifs is 1. The van der Waals surface area contributed by atoms with Gasteiger partial charge in [-0.05, 0) is 35.4 Å². The van der Waals surface area contributed by atoms with Crippen LogP contribution >= 0.6 is 0 Å². The van der Waals surface area contributed by atoms with Gasteiger partial charge in [-0.2, -0.15) is 0 Å². The summed E-state index contributed by atoms with van der Waals surface area (Å²) in [4.78, 5) is 4.33. The van der Waals surface area contributed by atoms with Crippen LogP contribution in [0.3, 0.4) is 0 Å². The third-order valence-corrected chi connectivity index (χ3v) is 3.42. The zero-order valence-corrected chi connectivity index (χ0v) is 11.6. The second-order valence-corrected chi connectivity index (χ2v) is 4.97. The van der Waals surface area contributed by atoms with Gasteiger partial charge in [0.25, 0.3) is 0 Å². The topological polar surface area (TPSA) is 71.2 Å². The average Bonchev–Trinajstić information content (AvgIpc) is 2.52. The van der Waals surface area contributed by atoms with E-state index in [-0.39, 0.29) is 6.61 Å². The van der Waals surface area contributed by atoms with Gasteiger partial charge in [0.1, 0.15) is 0 Å². The molecule has 0 amide bonds. The molecule has 0 unspecified atom stereocenters. The highest BCUT2D eigenvalue weighted by atomic mass is 16.3. The van der Waals surface area contributed by atoms with E-state index < -0.39 is 0 Å². The smallest absolute Gasteiger partial charge is 0.0743 e. The van der Waals surface area contributed by atoms with Crippen molar-refractivity contribution >= 4 is 22.3 Å². The van der Waals surface area contributed by atoms with E-state index in [9.17, 15) is 5.11 Å². The minimum atomic E-state index is 0.0608. The molecule has 21 heavy (non-hydrogen) atoms.